The van der Waals surface area contributed by atoms with Crippen LogP contribution >= 0.6 is 11.3 Å². The first-order valence-corrected chi connectivity index (χ1v) is 8.25. The lowest BCUT2D eigenvalue weighted by Crippen LogP contribution is -2.20. The number of aromatic nitrogens is 2. The number of anilines is 1. The molecule has 0 bridgehead atoms. The summed E-state index contributed by atoms with van der Waals surface area (Å²) in [6, 6.07) is 4.20. The van der Waals surface area contributed by atoms with Gasteiger partial charge >= 0.3 is 0 Å². The van der Waals surface area contributed by atoms with Crippen molar-refractivity contribution in [3.63, 3.8) is 0 Å². The van der Waals surface area contributed by atoms with Crippen molar-refractivity contribution >= 4 is 22.2 Å². The standard InChI is InChI=1S/C16H18N4OS/c1-10-7-11(2)20(19-10)9-15(21)18-16-13(8-17)12-5-3-4-6-14(12)22-16/h7H,3-6,9H2,1-2H3,(H,18,21). The maximum atomic E-state index is 12.2. The average molecular weight is 314 g/mol. The fourth-order valence-corrected chi connectivity index (χ4v) is 4.17. The molecular weight excluding hydrogens is 296 g/mol. The number of aryl methyl sites for hydroxylation is 3. The van der Waals surface area contributed by atoms with Crippen LogP contribution in [0.15, 0.2) is 6.07 Å². The van der Waals surface area contributed by atoms with E-state index in [4.69, 9.17) is 0 Å². The summed E-state index contributed by atoms with van der Waals surface area (Å²) in [5, 5.41) is 17.3. The molecule has 1 aliphatic carbocycles. The molecule has 0 fully saturated rings. The van der Waals surface area contributed by atoms with Gasteiger partial charge in [0, 0.05) is 10.6 Å². The molecule has 0 radical (unpaired) electrons. The Balaban J connectivity index is 1.78. The van der Waals surface area contributed by atoms with Crippen molar-refractivity contribution < 1.29 is 4.79 Å². The molecule has 1 amide bonds. The second kappa shape index (κ2) is 5.93. The summed E-state index contributed by atoms with van der Waals surface area (Å²) in [7, 11) is 0. The van der Waals surface area contributed by atoms with Gasteiger partial charge in [0.2, 0.25) is 5.91 Å². The molecule has 0 aliphatic heterocycles. The van der Waals surface area contributed by atoms with Crippen LogP contribution in [0.3, 0.4) is 0 Å². The minimum atomic E-state index is -0.138. The highest BCUT2D eigenvalue weighted by Crippen LogP contribution is 2.37. The van der Waals surface area contributed by atoms with E-state index in [0.717, 1.165) is 42.6 Å². The van der Waals surface area contributed by atoms with Crippen molar-refractivity contribution in [2.45, 2.75) is 46.1 Å². The second-order valence-corrected chi connectivity index (χ2v) is 6.76. The highest BCUT2D eigenvalue weighted by atomic mass is 32.1. The highest BCUT2D eigenvalue weighted by Gasteiger charge is 2.22. The van der Waals surface area contributed by atoms with Gasteiger partial charge in [0.15, 0.2) is 0 Å². The van der Waals surface area contributed by atoms with E-state index < -0.39 is 0 Å². The molecule has 5 nitrogen and oxygen atoms in total. The summed E-state index contributed by atoms with van der Waals surface area (Å²) in [5.41, 5.74) is 3.65. The number of hydrogen-bond donors (Lipinski definition) is 1. The van der Waals surface area contributed by atoms with E-state index in [2.05, 4.69) is 16.5 Å². The van der Waals surface area contributed by atoms with Crippen molar-refractivity contribution in [3.05, 3.63) is 33.5 Å². The minimum Gasteiger partial charge on any atom is -0.315 e. The maximum Gasteiger partial charge on any atom is 0.246 e. The van der Waals surface area contributed by atoms with Gasteiger partial charge in [-0.15, -0.1) is 11.3 Å². The van der Waals surface area contributed by atoms with E-state index in [9.17, 15) is 10.1 Å². The summed E-state index contributed by atoms with van der Waals surface area (Å²) < 4.78 is 1.68. The zero-order valence-electron chi connectivity index (χ0n) is 12.8. The molecule has 6 heteroatoms. The molecule has 0 spiro atoms. The molecule has 0 atom stereocenters. The average Bonchev–Trinajstić information content (AvgIpc) is 2.98. The Labute approximate surface area is 133 Å². The van der Waals surface area contributed by atoms with Crippen LogP contribution in [0.1, 0.15) is 40.2 Å². The third kappa shape index (κ3) is 2.77. The fourth-order valence-electron chi connectivity index (χ4n) is 2.91. The molecule has 22 heavy (non-hydrogen) atoms. The van der Waals surface area contributed by atoms with Crippen molar-refractivity contribution in [1.29, 1.82) is 5.26 Å². The van der Waals surface area contributed by atoms with Crippen LogP contribution in [0.2, 0.25) is 0 Å². The third-order valence-electron chi connectivity index (χ3n) is 3.93. The number of rotatable bonds is 3. The lowest BCUT2D eigenvalue weighted by molar-refractivity contribution is -0.116. The molecule has 0 unspecified atom stereocenters. The number of thiophene rings is 1. The van der Waals surface area contributed by atoms with Crippen LogP contribution in [0.25, 0.3) is 0 Å². The van der Waals surface area contributed by atoms with Crippen molar-refractivity contribution in [2.24, 2.45) is 0 Å². The normalized spacial score (nSPS) is 13.5. The van der Waals surface area contributed by atoms with E-state index in [1.165, 1.54) is 4.88 Å². The van der Waals surface area contributed by atoms with Crippen LogP contribution in [0, 0.1) is 25.2 Å². The summed E-state index contributed by atoms with van der Waals surface area (Å²) in [4.78, 5) is 13.5. The Hall–Kier alpha value is -2.13. The van der Waals surface area contributed by atoms with E-state index >= 15 is 0 Å². The van der Waals surface area contributed by atoms with Crippen molar-refractivity contribution in [3.8, 4) is 6.07 Å². The lowest BCUT2D eigenvalue weighted by atomic mass is 9.96. The Bertz CT molecular complexity index is 766. The van der Waals surface area contributed by atoms with Gasteiger partial charge in [-0.05, 0) is 51.2 Å². The van der Waals surface area contributed by atoms with E-state index in [1.807, 2.05) is 19.9 Å². The van der Waals surface area contributed by atoms with Crippen LogP contribution in [-0.2, 0) is 24.2 Å². The summed E-state index contributed by atoms with van der Waals surface area (Å²) in [5.74, 6) is -0.138. The van der Waals surface area contributed by atoms with Gasteiger partial charge in [-0.3, -0.25) is 9.48 Å². The smallest absolute Gasteiger partial charge is 0.246 e. The topological polar surface area (TPSA) is 70.7 Å². The fraction of sp³-hybridized carbons (Fsp3) is 0.438. The third-order valence-corrected chi connectivity index (χ3v) is 5.14. The van der Waals surface area contributed by atoms with Crippen molar-refractivity contribution in [2.75, 3.05) is 5.32 Å². The SMILES string of the molecule is Cc1cc(C)n(CC(=O)Nc2sc3c(c2C#N)CCCC3)n1. The van der Waals surface area contributed by atoms with E-state index in [0.29, 0.717) is 10.6 Å². The van der Waals surface area contributed by atoms with E-state index in [-0.39, 0.29) is 12.5 Å². The number of nitrogens with zero attached hydrogens (tertiary/aromatic N) is 3. The van der Waals surface area contributed by atoms with Gasteiger partial charge < -0.3 is 5.32 Å². The number of nitriles is 1. The molecule has 2 heterocycles. The molecule has 2 aromatic heterocycles. The predicted molar refractivity (Wildman–Crippen MR) is 86.0 cm³/mol. The number of carbonyl (C=O) groups is 1. The Morgan fingerprint density at radius 3 is 2.91 bits per heavy atom. The van der Waals surface area contributed by atoms with Crippen LogP contribution in [0.4, 0.5) is 5.00 Å². The van der Waals surface area contributed by atoms with Gasteiger partial charge in [0.1, 0.15) is 17.6 Å². The monoisotopic (exact) mass is 314 g/mol. The molecule has 0 saturated carbocycles. The minimum absolute atomic E-state index is 0.138. The molecule has 1 aliphatic rings. The van der Waals surface area contributed by atoms with Gasteiger partial charge in [0.25, 0.3) is 0 Å². The number of amides is 1. The summed E-state index contributed by atoms with van der Waals surface area (Å²) in [6.45, 7) is 4.01. The quantitative estimate of drug-likeness (QED) is 0.947. The first kappa shape index (κ1) is 14.8. The Morgan fingerprint density at radius 1 is 1.45 bits per heavy atom. The highest BCUT2D eigenvalue weighted by molar-refractivity contribution is 7.16. The predicted octanol–water partition coefficient (Wildman–Crippen LogP) is 2.95. The Morgan fingerprint density at radius 2 is 2.23 bits per heavy atom. The molecule has 0 saturated heterocycles. The van der Waals surface area contributed by atoms with Crippen LogP contribution in [-0.4, -0.2) is 15.7 Å². The molecule has 1 N–H and O–H groups in total. The van der Waals surface area contributed by atoms with Crippen LogP contribution < -0.4 is 5.32 Å². The van der Waals surface area contributed by atoms with Gasteiger partial charge in [-0.25, -0.2) is 0 Å². The molecule has 3 rings (SSSR count). The molecular formula is C16H18N4OS. The first-order valence-electron chi connectivity index (χ1n) is 7.44. The number of nitrogens with one attached hydrogen (secondary N) is 1. The van der Waals surface area contributed by atoms with Crippen molar-refractivity contribution in [1.82, 2.24) is 9.78 Å². The lowest BCUT2D eigenvalue weighted by Gasteiger charge is -2.09. The largest absolute Gasteiger partial charge is 0.315 e. The second-order valence-electron chi connectivity index (χ2n) is 5.66. The summed E-state index contributed by atoms with van der Waals surface area (Å²) in [6.07, 6.45) is 4.25. The number of fused-ring (bicyclic) bond motifs is 1. The van der Waals surface area contributed by atoms with Gasteiger partial charge in [-0.1, -0.05) is 0 Å². The first-order chi connectivity index (χ1) is 10.6. The summed E-state index contributed by atoms with van der Waals surface area (Å²) >= 11 is 1.55. The molecule has 2 aromatic rings. The molecule has 0 aromatic carbocycles. The molecule has 114 valence electrons. The zero-order valence-corrected chi connectivity index (χ0v) is 13.6. The zero-order chi connectivity index (χ0) is 15.7. The Kier molecular flexibility index (Phi) is 3.99. The number of carbonyl (C=O) groups excluding carboxylic acids is 1. The number of hydrogen-bond acceptors (Lipinski definition) is 4. The van der Waals surface area contributed by atoms with E-state index in [1.54, 1.807) is 16.0 Å². The van der Waals surface area contributed by atoms with Crippen LogP contribution in [0.5, 0.6) is 0 Å². The van der Waals surface area contributed by atoms with Gasteiger partial charge in [-0.2, -0.15) is 10.4 Å². The maximum absolute atomic E-state index is 12.2. The van der Waals surface area contributed by atoms with Gasteiger partial charge in [0.05, 0.1) is 11.3 Å².